The van der Waals surface area contributed by atoms with Crippen LogP contribution in [0.1, 0.15) is 25.0 Å². The molecule has 8 nitrogen and oxygen atoms in total. The molecular weight excluding hydrogens is 413 g/mol. The van der Waals surface area contributed by atoms with Crippen molar-refractivity contribution in [3.63, 3.8) is 0 Å². The number of carbonyl (C=O) groups is 2. The van der Waals surface area contributed by atoms with Gasteiger partial charge in [-0.25, -0.2) is 9.90 Å². The minimum atomic E-state index is -4.55. The molecule has 0 atom stereocenters. The van der Waals surface area contributed by atoms with E-state index in [0.29, 0.717) is 6.54 Å². The van der Waals surface area contributed by atoms with Gasteiger partial charge in [-0.15, -0.1) is 5.10 Å². The fourth-order valence-corrected chi connectivity index (χ4v) is 2.59. The largest absolute Gasteiger partial charge is 0.416 e. The number of halogens is 4. The van der Waals surface area contributed by atoms with Crippen LogP contribution in [0, 0.1) is 5.41 Å². The van der Waals surface area contributed by atoms with Crippen molar-refractivity contribution in [3.05, 3.63) is 40.4 Å². The smallest absolute Gasteiger partial charge is 0.352 e. The molecule has 1 aromatic heterocycles. The topological polar surface area (TPSA) is 116 Å². The summed E-state index contributed by atoms with van der Waals surface area (Å²) in [5.74, 6) is -1.49. The zero-order valence-corrected chi connectivity index (χ0v) is 16.2. The molecule has 12 heteroatoms. The third-order valence-electron chi connectivity index (χ3n) is 3.81. The van der Waals surface area contributed by atoms with Crippen molar-refractivity contribution in [2.45, 2.75) is 26.6 Å². The third-order valence-corrected chi connectivity index (χ3v) is 4.18. The maximum Gasteiger partial charge on any atom is 0.416 e. The Hall–Kier alpha value is -3.08. The highest BCUT2D eigenvalue weighted by Crippen LogP contribution is 2.31. The number of likely N-dealkylation sites (N-methyl/N-ethyl adjacent to an activating group) is 1. The summed E-state index contributed by atoms with van der Waals surface area (Å²) in [5, 5.41) is 18.6. The van der Waals surface area contributed by atoms with Gasteiger partial charge in [-0.1, -0.05) is 23.7 Å². The summed E-state index contributed by atoms with van der Waals surface area (Å²) in [6.45, 7) is 4.13. The number of nitrogens with one attached hydrogen (secondary N) is 4. The number of amides is 2. The lowest BCUT2D eigenvalue weighted by molar-refractivity contribution is -0.137. The zero-order chi connectivity index (χ0) is 21.8. The Morgan fingerprint density at radius 2 is 1.83 bits per heavy atom. The van der Waals surface area contributed by atoms with Gasteiger partial charge < -0.3 is 5.32 Å². The van der Waals surface area contributed by atoms with Crippen LogP contribution in [0.4, 0.5) is 19.1 Å². The molecular formula is C17H18ClF3N6O2. The lowest BCUT2D eigenvalue weighted by Gasteiger charge is -2.16. The Kier molecular flexibility index (Phi) is 6.85. The van der Waals surface area contributed by atoms with Gasteiger partial charge in [0.2, 0.25) is 5.95 Å². The molecule has 156 valence electrons. The summed E-state index contributed by atoms with van der Waals surface area (Å²) in [6.07, 6.45) is -4.55. The molecule has 0 spiro atoms. The number of aromatic amines is 1. The molecule has 0 fully saturated rings. The quantitative estimate of drug-likeness (QED) is 0.399. The number of alkyl halides is 3. The number of rotatable bonds is 7. The van der Waals surface area contributed by atoms with Gasteiger partial charge in [0.05, 0.1) is 16.2 Å². The van der Waals surface area contributed by atoms with Crippen LogP contribution in [0.15, 0.2) is 29.3 Å². The Labute approximate surface area is 168 Å². The van der Waals surface area contributed by atoms with Gasteiger partial charge in [0.1, 0.15) is 5.71 Å². The molecule has 29 heavy (non-hydrogen) atoms. The first-order valence-electron chi connectivity index (χ1n) is 8.46. The van der Waals surface area contributed by atoms with Gasteiger partial charge >= 0.3 is 6.18 Å². The maximum atomic E-state index is 12.8. The predicted molar refractivity (Wildman–Crippen MR) is 102 cm³/mol. The van der Waals surface area contributed by atoms with Crippen LogP contribution >= 0.6 is 11.6 Å². The summed E-state index contributed by atoms with van der Waals surface area (Å²) in [4.78, 5) is 24.7. The second-order valence-corrected chi connectivity index (χ2v) is 6.11. The van der Waals surface area contributed by atoms with E-state index in [-0.39, 0.29) is 23.6 Å². The molecule has 0 saturated heterocycles. The normalized spacial score (nSPS) is 12.3. The first kappa shape index (κ1) is 22.2. The van der Waals surface area contributed by atoms with Crippen LogP contribution in [-0.4, -0.2) is 39.1 Å². The summed E-state index contributed by atoms with van der Waals surface area (Å²) < 4.78 is 39.9. The van der Waals surface area contributed by atoms with Crippen molar-refractivity contribution >= 4 is 40.6 Å². The molecule has 2 rings (SSSR count). The van der Waals surface area contributed by atoms with Gasteiger partial charge in [-0.3, -0.25) is 20.3 Å². The highest BCUT2D eigenvalue weighted by molar-refractivity contribution is 6.64. The number of aryl methyl sites for hydroxylation is 1. The van der Waals surface area contributed by atoms with Gasteiger partial charge in [-0.05, 0) is 31.5 Å². The van der Waals surface area contributed by atoms with E-state index in [9.17, 15) is 22.8 Å². The number of nitrogens with zero attached hydrogens (tertiary/aromatic N) is 2. The van der Waals surface area contributed by atoms with E-state index in [1.54, 1.807) is 13.8 Å². The number of hydrogen-bond acceptors (Lipinski definition) is 4. The Morgan fingerprint density at radius 3 is 2.28 bits per heavy atom. The number of benzene rings is 1. The van der Waals surface area contributed by atoms with Crippen LogP contribution in [0.2, 0.25) is 0 Å². The van der Waals surface area contributed by atoms with Gasteiger partial charge in [0.15, 0.2) is 0 Å². The lowest BCUT2D eigenvalue weighted by atomic mass is 10.0. The number of anilines is 1. The molecule has 0 aliphatic carbocycles. The SMILES string of the molecule is CCNC(=O)/C(=C(/Cl)C(=N)C(=O)Nc1n[nH]n1CC)c1ccc(C(F)(F)F)cc1. The van der Waals surface area contributed by atoms with Crippen molar-refractivity contribution < 1.29 is 22.8 Å². The van der Waals surface area contributed by atoms with Crippen molar-refractivity contribution in [1.29, 1.82) is 5.41 Å². The average molecular weight is 431 g/mol. The standard InChI is InChI=1S/C17H18ClF3N6O2/c1-3-23-14(28)11(9-5-7-10(8-6-9)17(19,20)21)12(18)13(22)15(29)24-16-25-26-27(16)4-2/h5-8,22,26H,3-4H2,1-2H3,(H,23,28)(H,24,25,29)/b12-11+,22-13?. The van der Waals surface area contributed by atoms with E-state index in [4.69, 9.17) is 17.0 Å². The summed E-state index contributed by atoms with van der Waals surface area (Å²) in [7, 11) is 0. The molecule has 0 radical (unpaired) electrons. The first-order valence-corrected chi connectivity index (χ1v) is 8.84. The van der Waals surface area contributed by atoms with Gasteiger partial charge in [0.25, 0.3) is 11.8 Å². The van der Waals surface area contributed by atoms with E-state index in [1.165, 1.54) is 4.68 Å². The predicted octanol–water partition coefficient (Wildman–Crippen LogP) is 2.99. The summed E-state index contributed by atoms with van der Waals surface area (Å²) in [6, 6.07) is 3.69. The molecule has 4 N–H and O–H groups in total. The Morgan fingerprint density at radius 1 is 1.21 bits per heavy atom. The van der Waals surface area contributed by atoms with E-state index < -0.39 is 34.3 Å². The number of hydrogen-bond donors (Lipinski definition) is 4. The fourth-order valence-electron chi connectivity index (χ4n) is 2.31. The third kappa shape index (κ3) is 5.05. The molecule has 0 unspecified atom stereocenters. The molecule has 2 amide bonds. The Bertz CT molecular complexity index is 943. The molecule has 1 heterocycles. The minimum absolute atomic E-state index is 0.0318. The second kappa shape index (κ2) is 8.95. The highest BCUT2D eigenvalue weighted by atomic mass is 35.5. The van der Waals surface area contributed by atoms with Crippen LogP contribution in [0.5, 0.6) is 0 Å². The number of H-pyrrole nitrogens is 1. The molecule has 0 bridgehead atoms. The summed E-state index contributed by atoms with van der Waals surface area (Å²) in [5.41, 5.74) is -1.90. The Balaban J connectivity index is 2.39. The molecule has 0 aliphatic heterocycles. The minimum Gasteiger partial charge on any atom is -0.352 e. The molecule has 2 aromatic rings. The van der Waals surface area contributed by atoms with Gasteiger partial charge in [0, 0.05) is 13.1 Å². The van der Waals surface area contributed by atoms with E-state index in [1.807, 2.05) is 0 Å². The van der Waals surface area contributed by atoms with Crippen LogP contribution in [-0.2, 0) is 22.3 Å². The monoisotopic (exact) mass is 430 g/mol. The van der Waals surface area contributed by atoms with Gasteiger partial charge in [-0.2, -0.15) is 13.2 Å². The summed E-state index contributed by atoms with van der Waals surface area (Å²) >= 11 is 6.14. The van der Waals surface area contributed by atoms with E-state index >= 15 is 0 Å². The van der Waals surface area contributed by atoms with Crippen LogP contribution < -0.4 is 10.6 Å². The van der Waals surface area contributed by atoms with Crippen molar-refractivity contribution in [2.24, 2.45) is 0 Å². The van der Waals surface area contributed by atoms with Crippen LogP contribution in [0.25, 0.3) is 5.57 Å². The average Bonchev–Trinajstić information content (AvgIpc) is 2.64. The van der Waals surface area contributed by atoms with Crippen molar-refractivity contribution in [1.82, 2.24) is 20.3 Å². The van der Waals surface area contributed by atoms with Crippen molar-refractivity contribution in [2.75, 3.05) is 11.9 Å². The molecule has 0 aliphatic rings. The number of carbonyl (C=O) groups excluding carboxylic acids is 2. The zero-order valence-electron chi connectivity index (χ0n) is 15.4. The molecule has 1 aromatic carbocycles. The van der Waals surface area contributed by atoms with Crippen molar-refractivity contribution in [3.8, 4) is 0 Å². The first-order chi connectivity index (χ1) is 13.6. The molecule has 0 saturated carbocycles. The van der Waals surface area contributed by atoms with E-state index in [0.717, 1.165) is 24.3 Å². The fraction of sp³-hybridized carbons (Fsp3) is 0.294. The van der Waals surface area contributed by atoms with E-state index in [2.05, 4.69) is 20.9 Å². The lowest BCUT2D eigenvalue weighted by Crippen LogP contribution is -2.30. The van der Waals surface area contributed by atoms with Crippen LogP contribution in [0.3, 0.4) is 0 Å². The number of aromatic nitrogens is 3. The highest BCUT2D eigenvalue weighted by Gasteiger charge is 2.31. The second-order valence-electron chi connectivity index (χ2n) is 5.73. The maximum absolute atomic E-state index is 12.8.